The van der Waals surface area contributed by atoms with Crippen LogP contribution < -0.4 is 10.1 Å². The van der Waals surface area contributed by atoms with Crippen LogP contribution in [0.1, 0.15) is 31.2 Å². The maximum absolute atomic E-state index is 12.0. The highest BCUT2D eigenvalue weighted by Gasteiger charge is 2.28. The molecule has 132 valence electrons. The third kappa shape index (κ3) is 4.08. The van der Waals surface area contributed by atoms with Gasteiger partial charge in [0, 0.05) is 26.7 Å². The Balaban J connectivity index is 1.46. The minimum atomic E-state index is -0.0466. The molecule has 0 unspecified atom stereocenters. The zero-order chi connectivity index (χ0) is 16.9. The third-order valence-electron chi connectivity index (χ3n) is 5.34. The van der Waals surface area contributed by atoms with Gasteiger partial charge in [-0.25, -0.2) is 0 Å². The van der Waals surface area contributed by atoms with E-state index in [2.05, 4.69) is 34.5 Å². The Morgan fingerprint density at radius 2 is 1.88 bits per heavy atom. The van der Waals surface area contributed by atoms with E-state index < -0.39 is 0 Å². The molecule has 0 aliphatic carbocycles. The molecule has 3 rings (SSSR count). The number of carbonyl (C=O) groups excluding carboxylic acids is 1. The van der Waals surface area contributed by atoms with Crippen LogP contribution in [0, 0.1) is 0 Å². The van der Waals surface area contributed by atoms with Crippen LogP contribution in [0.5, 0.6) is 5.75 Å². The second-order valence-electron chi connectivity index (χ2n) is 6.91. The minimum Gasteiger partial charge on any atom is -0.492 e. The van der Waals surface area contributed by atoms with Gasteiger partial charge in [0.25, 0.3) is 0 Å². The van der Waals surface area contributed by atoms with Gasteiger partial charge in [-0.2, -0.15) is 0 Å². The van der Waals surface area contributed by atoms with Gasteiger partial charge in [0.1, 0.15) is 12.4 Å². The number of ether oxygens (including phenoxy) is 1. The number of likely N-dealkylation sites (N-methyl/N-ethyl adjacent to an activating group) is 1. The van der Waals surface area contributed by atoms with E-state index >= 15 is 0 Å². The number of rotatable bonds is 5. The molecule has 1 atom stereocenters. The molecular formula is C19H29N3O2. The van der Waals surface area contributed by atoms with Gasteiger partial charge in [0.15, 0.2) is 0 Å². The highest BCUT2D eigenvalue weighted by Crippen LogP contribution is 2.26. The van der Waals surface area contributed by atoms with Crippen LogP contribution in [0.3, 0.4) is 0 Å². The molecule has 0 spiro atoms. The number of benzene rings is 1. The Bertz CT molecular complexity index is 540. The van der Waals surface area contributed by atoms with E-state index in [1.54, 1.807) is 0 Å². The quantitative estimate of drug-likeness (QED) is 0.892. The lowest BCUT2D eigenvalue weighted by molar-refractivity contribution is -0.139. The van der Waals surface area contributed by atoms with E-state index in [1.165, 1.54) is 18.4 Å². The zero-order valence-corrected chi connectivity index (χ0v) is 14.8. The Morgan fingerprint density at radius 1 is 1.17 bits per heavy atom. The van der Waals surface area contributed by atoms with Gasteiger partial charge >= 0.3 is 0 Å². The van der Waals surface area contributed by atoms with Crippen molar-refractivity contribution in [3.8, 4) is 5.75 Å². The molecule has 2 aliphatic rings. The number of amides is 1. The van der Waals surface area contributed by atoms with Crippen LogP contribution in [-0.4, -0.2) is 68.1 Å². The molecule has 0 radical (unpaired) electrons. The molecule has 2 saturated heterocycles. The normalized spacial score (nSPS) is 23.5. The standard InChI is InChI=1S/C19H29N3O2/c1-15-19(23)21(2)11-12-22(15)13-14-24-18-5-3-16(4-6-18)17-7-9-20-10-8-17/h3-6,15,17,20H,7-14H2,1-2H3/t15-/m1/s1. The van der Waals surface area contributed by atoms with E-state index in [1.807, 2.05) is 18.9 Å². The number of nitrogens with zero attached hydrogens (tertiary/aromatic N) is 2. The smallest absolute Gasteiger partial charge is 0.239 e. The second kappa shape index (κ2) is 7.99. The van der Waals surface area contributed by atoms with Crippen molar-refractivity contribution >= 4 is 5.91 Å². The van der Waals surface area contributed by atoms with Crippen molar-refractivity contribution < 1.29 is 9.53 Å². The topological polar surface area (TPSA) is 44.8 Å². The predicted octanol–water partition coefficient (Wildman–Crippen LogP) is 1.69. The van der Waals surface area contributed by atoms with Crippen molar-refractivity contribution in [1.29, 1.82) is 0 Å². The lowest BCUT2D eigenvalue weighted by Gasteiger charge is -2.37. The number of piperidine rings is 1. The van der Waals surface area contributed by atoms with E-state index in [0.29, 0.717) is 12.5 Å². The van der Waals surface area contributed by atoms with Crippen LogP contribution in [0.25, 0.3) is 0 Å². The Kier molecular flexibility index (Phi) is 5.74. The molecule has 2 fully saturated rings. The lowest BCUT2D eigenvalue weighted by Crippen LogP contribution is -2.55. The summed E-state index contributed by atoms with van der Waals surface area (Å²) in [5.41, 5.74) is 1.42. The van der Waals surface area contributed by atoms with E-state index in [-0.39, 0.29) is 11.9 Å². The number of hydrogen-bond donors (Lipinski definition) is 1. The fourth-order valence-electron chi connectivity index (χ4n) is 3.64. The maximum Gasteiger partial charge on any atom is 0.239 e. The lowest BCUT2D eigenvalue weighted by atomic mass is 9.90. The monoisotopic (exact) mass is 331 g/mol. The van der Waals surface area contributed by atoms with Crippen molar-refractivity contribution in [2.24, 2.45) is 0 Å². The van der Waals surface area contributed by atoms with Gasteiger partial charge in [-0.05, 0) is 56.5 Å². The predicted molar refractivity (Wildman–Crippen MR) is 95.5 cm³/mol. The van der Waals surface area contributed by atoms with Gasteiger partial charge in [-0.1, -0.05) is 12.1 Å². The van der Waals surface area contributed by atoms with Gasteiger partial charge in [0.05, 0.1) is 6.04 Å². The Labute approximate surface area is 145 Å². The molecule has 1 amide bonds. The van der Waals surface area contributed by atoms with Crippen molar-refractivity contribution in [3.63, 3.8) is 0 Å². The fraction of sp³-hybridized carbons (Fsp3) is 0.632. The van der Waals surface area contributed by atoms with Crippen LogP contribution in [0.15, 0.2) is 24.3 Å². The zero-order valence-electron chi connectivity index (χ0n) is 14.8. The Hall–Kier alpha value is -1.59. The molecule has 0 bridgehead atoms. The first kappa shape index (κ1) is 17.2. The van der Waals surface area contributed by atoms with Crippen LogP contribution in [0.2, 0.25) is 0 Å². The summed E-state index contributed by atoms with van der Waals surface area (Å²) in [4.78, 5) is 16.0. The molecule has 1 aromatic rings. The average molecular weight is 331 g/mol. The van der Waals surface area contributed by atoms with Crippen LogP contribution >= 0.6 is 0 Å². The molecule has 2 heterocycles. The highest BCUT2D eigenvalue weighted by molar-refractivity contribution is 5.81. The van der Waals surface area contributed by atoms with Gasteiger partial charge in [0.2, 0.25) is 5.91 Å². The second-order valence-corrected chi connectivity index (χ2v) is 6.91. The minimum absolute atomic E-state index is 0.0466. The first-order valence-corrected chi connectivity index (χ1v) is 9.07. The number of carbonyl (C=O) groups is 1. The van der Waals surface area contributed by atoms with Gasteiger partial charge in [-0.15, -0.1) is 0 Å². The summed E-state index contributed by atoms with van der Waals surface area (Å²) in [6, 6.07) is 8.52. The van der Waals surface area contributed by atoms with Crippen molar-refractivity contribution in [2.45, 2.75) is 31.7 Å². The molecule has 0 aromatic heterocycles. The first-order valence-electron chi connectivity index (χ1n) is 9.07. The van der Waals surface area contributed by atoms with E-state index in [4.69, 9.17) is 4.74 Å². The van der Waals surface area contributed by atoms with Gasteiger partial charge in [-0.3, -0.25) is 9.69 Å². The molecule has 1 N–H and O–H groups in total. The largest absolute Gasteiger partial charge is 0.492 e. The summed E-state index contributed by atoms with van der Waals surface area (Å²) in [5.74, 6) is 1.80. The van der Waals surface area contributed by atoms with E-state index in [9.17, 15) is 4.79 Å². The molecule has 5 nitrogen and oxygen atoms in total. The van der Waals surface area contributed by atoms with Crippen molar-refractivity contribution in [2.75, 3.05) is 46.4 Å². The fourth-order valence-corrected chi connectivity index (χ4v) is 3.64. The summed E-state index contributed by atoms with van der Waals surface area (Å²) in [6.07, 6.45) is 2.44. The molecule has 24 heavy (non-hydrogen) atoms. The number of piperazine rings is 1. The molecule has 1 aromatic carbocycles. The summed E-state index contributed by atoms with van der Waals surface area (Å²) in [5, 5.41) is 3.41. The van der Waals surface area contributed by atoms with Gasteiger partial charge < -0.3 is 15.0 Å². The van der Waals surface area contributed by atoms with Crippen molar-refractivity contribution in [1.82, 2.24) is 15.1 Å². The number of nitrogens with one attached hydrogen (secondary N) is 1. The van der Waals surface area contributed by atoms with Crippen LogP contribution in [0.4, 0.5) is 0 Å². The summed E-state index contributed by atoms with van der Waals surface area (Å²) in [6.45, 7) is 7.34. The van der Waals surface area contributed by atoms with Crippen LogP contribution in [-0.2, 0) is 4.79 Å². The molecular weight excluding hydrogens is 302 g/mol. The summed E-state index contributed by atoms with van der Waals surface area (Å²) in [7, 11) is 1.87. The maximum atomic E-state index is 12.0. The number of hydrogen-bond acceptors (Lipinski definition) is 4. The highest BCUT2D eigenvalue weighted by atomic mass is 16.5. The summed E-state index contributed by atoms with van der Waals surface area (Å²) < 4.78 is 5.88. The third-order valence-corrected chi connectivity index (χ3v) is 5.34. The van der Waals surface area contributed by atoms with Crippen molar-refractivity contribution in [3.05, 3.63) is 29.8 Å². The molecule has 5 heteroatoms. The average Bonchev–Trinajstić information content (AvgIpc) is 2.63. The molecule has 0 saturated carbocycles. The summed E-state index contributed by atoms with van der Waals surface area (Å²) >= 11 is 0. The Morgan fingerprint density at radius 3 is 2.58 bits per heavy atom. The SMILES string of the molecule is C[C@@H]1C(=O)N(C)CCN1CCOc1ccc(C2CCNCC2)cc1. The molecule has 2 aliphatic heterocycles. The van der Waals surface area contributed by atoms with E-state index in [0.717, 1.165) is 38.5 Å². The first-order chi connectivity index (χ1) is 11.6.